The van der Waals surface area contributed by atoms with Gasteiger partial charge in [-0.1, -0.05) is 11.6 Å². The number of halogens is 1. The van der Waals surface area contributed by atoms with E-state index in [-0.39, 0.29) is 12.1 Å². The number of nitrogens with one attached hydrogen (secondary N) is 1. The molecular weight excluding hydrogens is 330 g/mol. The number of oxazole rings is 1. The number of hydrogen-bond donors (Lipinski definition) is 1. The van der Waals surface area contributed by atoms with Crippen molar-refractivity contribution in [3.8, 4) is 0 Å². The van der Waals surface area contributed by atoms with E-state index in [0.29, 0.717) is 11.0 Å². The number of nitrogens with zero attached hydrogens (tertiary/aromatic N) is 2. The zero-order chi connectivity index (χ0) is 17.3. The highest BCUT2D eigenvalue weighted by atomic mass is 35.5. The van der Waals surface area contributed by atoms with E-state index in [0.717, 1.165) is 37.0 Å². The van der Waals surface area contributed by atoms with Crippen LogP contribution in [0.15, 0.2) is 22.6 Å². The minimum absolute atomic E-state index is 0.106. The van der Waals surface area contributed by atoms with E-state index in [1.54, 1.807) is 12.1 Å². The maximum absolute atomic E-state index is 11.8. The first-order valence-corrected chi connectivity index (χ1v) is 8.48. The van der Waals surface area contributed by atoms with Gasteiger partial charge in [0.15, 0.2) is 5.58 Å². The number of alkyl carbamates (subject to hydrolysis) is 1. The van der Waals surface area contributed by atoms with E-state index >= 15 is 0 Å². The number of aromatic nitrogens is 1. The van der Waals surface area contributed by atoms with Crippen LogP contribution in [0, 0.1) is 0 Å². The van der Waals surface area contributed by atoms with E-state index in [9.17, 15) is 4.79 Å². The first kappa shape index (κ1) is 16.9. The Morgan fingerprint density at radius 2 is 2.08 bits per heavy atom. The number of hydrogen-bond acceptors (Lipinski definition) is 5. The third-order valence-corrected chi connectivity index (χ3v) is 4.06. The van der Waals surface area contributed by atoms with Crippen molar-refractivity contribution in [2.45, 2.75) is 45.3 Å². The average molecular weight is 352 g/mol. The van der Waals surface area contributed by atoms with Gasteiger partial charge in [-0.3, -0.25) is 0 Å². The van der Waals surface area contributed by atoms with Crippen LogP contribution in [-0.4, -0.2) is 35.8 Å². The van der Waals surface area contributed by atoms with Gasteiger partial charge in [-0.25, -0.2) is 4.79 Å². The van der Waals surface area contributed by atoms with Crippen molar-refractivity contribution in [1.29, 1.82) is 0 Å². The predicted octanol–water partition coefficient (Wildman–Crippen LogP) is 3.97. The molecule has 7 heteroatoms. The molecule has 0 radical (unpaired) electrons. The van der Waals surface area contributed by atoms with Crippen LogP contribution >= 0.6 is 11.6 Å². The van der Waals surface area contributed by atoms with E-state index in [1.807, 2.05) is 26.8 Å². The summed E-state index contributed by atoms with van der Waals surface area (Å²) < 4.78 is 11.1. The predicted molar refractivity (Wildman–Crippen MR) is 93.6 cm³/mol. The molecule has 1 N–H and O–H groups in total. The molecule has 1 amide bonds. The number of carbonyl (C=O) groups is 1. The van der Waals surface area contributed by atoms with Gasteiger partial charge in [-0.05, 0) is 51.8 Å². The van der Waals surface area contributed by atoms with Crippen LogP contribution in [0.4, 0.5) is 10.8 Å². The normalized spacial score (nSPS) is 16.4. The van der Waals surface area contributed by atoms with E-state index in [1.165, 1.54) is 0 Å². The summed E-state index contributed by atoms with van der Waals surface area (Å²) in [7, 11) is 0. The zero-order valence-electron chi connectivity index (χ0n) is 14.1. The lowest BCUT2D eigenvalue weighted by atomic mass is 10.1. The quantitative estimate of drug-likeness (QED) is 0.886. The van der Waals surface area contributed by atoms with Gasteiger partial charge in [-0.15, -0.1) is 0 Å². The van der Waals surface area contributed by atoms with Crippen LogP contribution in [0.5, 0.6) is 0 Å². The van der Waals surface area contributed by atoms with E-state index in [4.69, 9.17) is 20.8 Å². The molecule has 1 fully saturated rings. The number of rotatable bonds is 2. The lowest BCUT2D eigenvalue weighted by Crippen LogP contribution is -2.46. The zero-order valence-corrected chi connectivity index (χ0v) is 14.9. The second-order valence-electron chi connectivity index (χ2n) is 7.02. The summed E-state index contributed by atoms with van der Waals surface area (Å²) in [6, 6.07) is 6.11. The monoisotopic (exact) mass is 351 g/mol. The van der Waals surface area contributed by atoms with Gasteiger partial charge in [0, 0.05) is 24.2 Å². The lowest BCUT2D eigenvalue weighted by molar-refractivity contribution is 0.0497. The van der Waals surface area contributed by atoms with E-state index in [2.05, 4.69) is 15.2 Å². The van der Waals surface area contributed by atoms with Crippen molar-refractivity contribution in [2.24, 2.45) is 0 Å². The second kappa shape index (κ2) is 6.51. The number of amides is 1. The number of fused-ring (bicyclic) bond motifs is 1. The molecule has 1 aliphatic heterocycles. The Bertz CT molecular complexity index is 730. The van der Waals surface area contributed by atoms with Gasteiger partial charge < -0.3 is 19.4 Å². The van der Waals surface area contributed by atoms with Crippen molar-refractivity contribution in [3.05, 3.63) is 23.2 Å². The third-order valence-electron chi connectivity index (χ3n) is 3.82. The number of carbonyl (C=O) groups excluding carboxylic acids is 1. The van der Waals surface area contributed by atoms with Gasteiger partial charge in [0.05, 0.1) is 0 Å². The molecule has 0 unspecified atom stereocenters. The van der Waals surface area contributed by atoms with Crippen LogP contribution < -0.4 is 10.2 Å². The van der Waals surface area contributed by atoms with Crippen LogP contribution in [0.2, 0.25) is 5.02 Å². The first-order chi connectivity index (χ1) is 11.3. The molecule has 130 valence electrons. The second-order valence-corrected chi connectivity index (χ2v) is 7.45. The largest absolute Gasteiger partial charge is 0.444 e. The maximum Gasteiger partial charge on any atom is 0.407 e. The Hall–Kier alpha value is -1.95. The number of ether oxygens (including phenoxy) is 1. The van der Waals surface area contributed by atoms with Gasteiger partial charge >= 0.3 is 6.09 Å². The fourth-order valence-corrected chi connectivity index (χ4v) is 2.88. The van der Waals surface area contributed by atoms with Gasteiger partial charge in [0.25, 0.3) is 6.01 Å². The van der Waals surface area contributed by atoms with Crippen molar-refractivity contribution in [1.82, 2.24) is 10.3 Å². The summed E-state index contributed by atoms with van der Waals surface area (Å²) in [5.74, 6) is 0. The summed E-state index contributed by atoms with van der Waals surface area (Å²) in [6.45, 7) is 7.10. The molecule has 1 aliphatic rings. The summed E-state index contributed by atoms with van der Waals surface area (Å²) in [4.78, 5) is 18.4. The lowest BCUT2D eigenvalue weighted by Gasteiger charge is -2.31. The maximum atomic E-state index is 11.8. The van der Waals surface area contributed by atoms with E-state index < -0.39 is 5.60 Å². The highest BCUT2D eigenvalue weighted by molar-refractivity contribution is 6.31. The summed E-state index contributed by atoms with van der Waals surface area (Å²) >= 11 is 5.98. The smallest absolute Gasteiger partial charge is 0.407 e. The number of piperidine rings is 1. The molecule has 1 saturated heterocycles. The summed E-state index contributed by atoms with van der Waals surface area (Å²) in [5, 5.41) is 3.57. The summed E-state index contributed by atoms with van der Waals surface area (Å²) in [6.07, 6.45) is 1.27. The molecule has 2 aromatic rings. The summed E-state index contributed by atoms with van der Waals surface area (Å²) in [5.41, 5.74) is 1.000. The fraction of sp³-hybridized carbons (Fsp3) is 0.529. The third kappa shape index (κ3) is 4.12. The van der Waals surface area contributed by atoms with Crippen molar-refractivity contribution in [3.63, 3.8) is 0 Å². The Morgan fingerprint density at radius 1 is 1.38 bits per heavy atom. The molecule has 1 aromatic carbocycles. The molecule has 2 heterocycles. The molecule has 24 heavy (non-hydrogen) atoms. The highest BCUT2D eigenvalue weighted by Gasteiger charge is 2.25. The molecule has 0 spiro atoms. The Labute approximate surface area is 146 Å². The minimum atomic E-state index is -0.482. The number of benzene rings is 1. The van der Waals surface area contributed by atoms with Crippen molar-refractivity contribution in [2.75, 3.05) is 18.0 Å². The standard InChI is InChI=1S/C17H22ClN3O3/c1-17(2,3)24-16(22)19-12-6-8-21(9-7-12)15-20-13-10-11(18)4-5-14(13)23-15/h4-5,10,12H,6-9H2,1-3H3,(H,19,22). The van der Waals surface area contributed by atoms with Gasteiger partial charge in [0.2, 0.25) is 0 Å². The Balaban J connectivity index is 1.57. The van der Waals surface area contributed by atoms with Gasteiger partial charge in [0.1, 0.15) is 11.1 Å². The van der Waals surface area contributed by atoms with Crippen LogP contribution in [0.25, 0.3) is 11.1 Å². The molecule has 6 nitrogen and oxygen atoms in total. The molecule has 1 aromatic heterocycles. The Morgan fingerprint density at radius 3 is 2.75 bits per heavy atom. The molecule has 0 aliphatic carbocycles. The van der Waals surface area contributed by atoms with Crippen LogP contribution in [0.3, 0.4) is 0 Å². The SMILES string of the molecule is CC(C)(C)OC(=O)NC1CCN(c2nc3cc(Cl)ccc3o2)CC1. The van der Waals surface area contributed by atoms with Crippen LogP contribution in [0.1, 0.15) is 33.6 Å². The molecule has 0 saturated carbocycles. The highest BCUT2D eigenvalue weighted by Crippen LogP contribution is 2.26. The average Bonchev–Trinajstić information content (AvgIpc) is 2.89. The van der Waals surface area contributed by atoms with Crippen molar-refractivity contribution < 1.29 is 13.9 Å². The van der Waals surface area contributed by atoms with Crippen molar-refractivity contribution >= 4 is 34.8 Å². The minimum Gasteiger partial charge on any atom is -0.444 e. The topological polar surface area (TPSA) is 67.6 Å². The molecule has 3 rings (SSSR count). The first-order valence-electron chi connectivity index (χ1n) is 8.11. The van der Waals surface area contributed by atoms with Gasteiger partial charge in [-0.2, -0.15) is 4.98 Å². The fourth-order valence-electron chi connectivity index (χ4n) is 2.71. The molecule has 0 atom stereocenters. The van der Waals surface area contributed by atoms with Crippen LogP contribution in [-0.2, 0) is 4.74 Å². The molecular formula is C17H22ClN3O3. The Kier molecular flexibility index (Phi) is 4.58. The number of anilines is 1. The molecule has 0 bridgehead atoms.